The molecule has 0 aliphatic heterocycles. The molecule has 0 radical (unpaired) electrons. The minimum atomic E-state index is -0.539. The highest BCUT2D eigenvalue weighted by Crippen LogP contribution is 2.20. The van der Waals surface area contributed by atoms with Gasteiger partial charge in [0.05, 0.1) is 0 Å². The summed E-state index contributed by atoms with van der Waals surface area (Å²) in [6, 6.07) is 4.12. The van der Waals surface area contributed by atoms with Gasteiger partial charge < -0.3 is 4.74 Å². The molecule has 0 N–H and O–H groups in total. The fraction of sp³-hybridized carbons (Fsp3) is 0.133. The Kier molecular flexibility index (Phi) is 4.53. The quantitative estimate of drug-likeness (QED) is 0.778. The molecule has 19 heavy (non-hydrogen) atoms. The van der Waals surface area contributed by atoms with Gasteiger partial charge in [-0.1, -0.05) is 23.8 Å². The van der Waals surface area contributed by atoms with Crippen LogP contribution in [0.25, 0.3) is 0 Å². The van der Waals surface area contributed by atoms with Crippen LogP contribution in [0, 0.1) is 5.82 Å². The molecule has 4 heteroatoms. The lowest BCUT2D eigenvalue weighted by molar-refractivity contribution is 0.112. The Morgan fingerprint density at radius 3 is 2.95 bits per heavy atom. The van der Waals surface area contributed by atoms with Crippen molar-refractivity contribution < 1.29 is 13.9 Å². The lowest BCUT2D eigenvalue weighted by atomic mass is 10.2. The average molecular weight is 279 g/mol. The van der Waals surface area contributed by atoms with E-state index in [2.05, 4.69) is 0 Å². The van der Waals surface area contributed by atoms with Crippen LogP contribution in [0.15, 0.2) is 53.1 Å². The molecule has 0 saturated carbocycles. The molecule has 0 saturated heterocycles. The monoisotopic (exact) mass is 278 g/mol. The van der Waals surface area contributed by atoms with Gasteiger partial charge >= 0.3 is 0 Å². The zero-order valence-corrected chi connectivity index (χ0v) is 10.9. The normalized spacial score (nSPS) is 14.4. The van der Waals surface area contributed by atoms with Crippen molar-refractivity contribution in [2.45, 2.75) is 6.42 Å². The first-order chi connectivity index (χ1) is 9.19. The number of rotatable bonds is 4. The number of ether oxygens (including phenoxy) is 1. The number of benzene rings is 1. The summed E-state index contributed by atoms with van der Waals surface area (Å²) in [5, 5.41) is 0.650. The van der Waals surface area contributed by atoms with Crippen LogP contribution >= 0.6 is 11.6 Å². The summed E-state index contributed by atoms with van der Waals surface area (Å²) >= 11 is 5.86. The highest BCUT2D eigenvalue weighted by Gasteiger charge is 2.06. The van der Waals surface area contributed by atoms with Crippen LogP contribution in [0.3, 0.4) is 0 Å². The van der Waals surface area contributed by atoms with Crippen LogP contribution < -0.4 is 4.74 Å². The largest absolute Gasteiger partial charge is 0.486 e. The Balaban J connectivity index is 2.03. The first kappa shape index (κ1) is 13.6. The molecular weight excluding hydrogens is 267 g/mol. The second-order valence-corrected chi connectivity index (χ2v) is 4.52. The molecule has 98 valence electrons. The predicted molar refractivity (Wildman–Crippen MR) is 73.1 cm³/mol. The lowest BCUT2D eigenvalue weighted by Crippen LogP contribution is -2.02. The van der Waals surface area contributed by atoms with Gasteiger partial charge in [0.25, 0.3) is 0 Å². The second kappa shape index (κ2) is 6.34. The zero-order valence-electron chi connectivity index (χ0n) is 10.1. The Labute approximate surface area is 115 Å². The minimum Gasteiger partial charge on any atom is -0.486 e. The van der Waals surface area contributed by atoms with Gasteiger partial charge in [-0.05, 0) is 42.3 Å². The first-order valence-electron chi connectivity index (χ1n) is 5.78. The van der Waals surface area contributed by atoms with E-state index in [4.69, 9.17) is 16.3 Å². The van der Waals surface area contributed by atoms with Crippen molar-refractivity contribution in [2.24, 2.45) is 0 Å². The highest BCUT2D eigenvalue weighted by molar-refractivity contribution is 6.31. The van der Waals surface area contributed by atoms with Crippen LogP contribution in [-0.2, 0) is 0 Å². The number of carbonyl (C=O) groups excluding carboxylic acids is 1. The molecule has 0 amide bonds. The van der Waals surface area contributed by atoms with Crippen molar-refractivity contribution in [3.05, 3.63) is 64.5 Å². The maximum Gasteiger partial charge on any atom is 0.165 e. The summed E-state index contributed by atoms with van der Waals surface area (Å²) < 4.78 is 19.0. The fourth-order valence-corrected chi connectivity index (χ4v) is 1.78. The summed E-state index contributed by atoms with van der Waals surface area (Å²) in [5.74, 6) is -0.405. The summed E-state index contributed by atoms with van der Waals surface area (Å²) in [6.07, 6.45) is 8.67. The molecule has 0 atom stereocenters. The van der Waals surface area contributed by atoms with Gasteiger partial charge in [-0.25, -0.2) is 4.39 Å². The third-order valence-electron chi connectivity index (χ3n) is 2.64. The Hall–Kier alpha value is -1.87. The van der Waals surface area contributed by atoms with E-state index in [0.717, 1.165) is 11.6 Å². The van der Waals surface area contributed by atoms with Crippen molar-refractivity contribution in [1.82, 2.24) is 0 Å². The van der Waals surface area contributed by atoms with E-state index in [0.29, 0.717) is 17.7 Å². The van der Waals surface area contributed by atoms with Crippen LogP contribution in [-0.4, -0.2) is 12.9 Å². The minimum absolute atomic E-state index is 0.134. The topological polar surface area (TPSA) is 26.3 Å². The van der Waals surface area contributed by atoms with Crippen LogP contribution in [0.5, 0.6) is 5.75 Å². The molecule has 1 aliphatic carbocycles. The molecule has 2 nitrogen and oxygen atoms in total. The summed E-state index contributed by atoms with van der Waals surface area (Å²) in [7, 11) is 0. The van der Waals surface area contributed by atoms with Gasteiger partial charge in [0, 0.05) is 10.6 Å². The van der Waals surface area contributed by atoms with Crippen molar-refractivity contribution in [3.8, 4) is 5.75 Å². The molecule has 0 aromatic heterocycles. The number of hydrogen-bond donors (Lipinski definition) is 0. The summed E-state index contributed by atoms with van der Waals surface area (Å²) in [6.45, 7) is 0.280. The molecule has 0 bridgehead atoms. The smallest absolute Gasteiger partial charge is 0.165 e. The van der Waals surface area contributed by atoms with Gasteiger partial charge in [0.1, 0.15) is 12.9 Å². The highest BCUT2D eigenvalue weighted by atomic mass is 35.5. The Morgan fingerprint density at radius 2 is 2.21 bits per heavy atom. The summed E-state index contributed by atoms with van der Waals surface area (Å²) in [5.41, 5.74) is 1.28. The molecule has 0 heterocycles. The van der Waals surface area contributed by atoms with Crippen molar-refractivity contribution in [1.29, 1.82) is 0 Å². The Bertz CT molecular complexity index is 574. The van der Waals surface area contributed by atoms with E-state index in [1.165, 1.54) is 12.1 Å². The van der Waals surface area contributed by atoms with E-state index in [9.17, 15) is 9.18 Å². The van der Waals surface area contributed by atoms with E-state index in [-0.39, 0.29) is 17.9 Å². The van der Waals surface area contributed by atoms with Gasteiger partial charge in [-0.3, -0.25) is 4.79 Å². The number of halogens is 2. The molecule has 0 unspecified atom stereocenters. The van der Waals surface area contributed by atoms with Gasteiger partial charge in [0.2, 0.25) is 0 Å². The molecule has 1 aromatic rings. The van der Waals surface area contributed by atoms with E-state index < -0.39 is 5.82 Å². The lowest BCUT2D eigenvalue weighted by Gasteiger charge is -2.09. The van der Waals surface area contributed by atoms with Gasteiger partial charge in [-0.15, -0.1) is 0 Å². The average Bonchev–Trinajstić information content (AvgIpc) is 2.62. The van der Waals surface area contributed by atoms with E-state index >= 15 is 0 Å². The molecular formula is C15H12ClFO2. The molecule has 0 fully saturated rings. The maximum atomic E-state index is 13.6. The summed E-state index contributed by atoms with van der Waals surface area (Å²) in [4.78, 5) is 10.5. The van der Waals surface area contributed by atoms with Crippen LogP contribution in [0.2, 0.25) is 0 Å². The van der Waals surface area contributed by atoms with Crippen molar-refractivity contribution in [3.63, 3.8) is 0 Å². The number of carbonyl (C=O) groups is 1. The van der Waals surface area contributed by atoms with Crippen LogP contribution in [0.1, 0.15) is 16.8 Å². The molecule has 1 aromatic carbocycles. The second-order valence-electron chi connectivity index (χ2n) is 4.08. The Morgan fingerprint density at radius 1 is 1.37 bits per heavy atom. The fourth-order valence-electron chi connectivity index (χ4n) is 1.63. The van der Waals surface area contributed by atoms with Crippen molar-refractivity contribution >= 4 is 17.9 Å². The van der Waals surface area contributed by atoms with Gasteiger partial charge in [-0.2, -0.15) is 0 Å². The SMILES string of the molecule is O=Cc1ccc(OCC2=CC=C(Cl)C=CC2)c(F)c1. The van der Waals surface area contributed by atoms with E-state index in [1.807, 2.05) is 18.2 Å². The molecule has 0 spiro atoms. The van der Waals surface area contributed by atoms with Crippen LogP contribution in [0.4, 0.5) is 4.39 Å². The molecule has 1 aliphatic rings. The van der Waals surface area contributed by atoms with Gasteiger partial charge in [0.15, 0.2) is 11.6 Å². The number of hydrogen-bond acceptors (Lipinski definition) is 2. The third kappa shape index (κ3) is 3.80. The number of aldehydes is 1. The number of allylic oxidation sites excluding steroid dienone is 5. The standard InChI is InChI=1S/C15H12ClFO2/c16-13-3-1-2-11(4-6-13)10-19-15-7-5-12(9-18)8-14(15)17/h1,3-9H,2,10H2. The molecule has 2 rings (SSSR count). The van der Waals surface area contributed by atoms with Crippen molar-refractivity contribution in [2.75, 3.05) is 6.61 Å². The zero-order chi connectivity index (χ0) is 13.7. The third-order valence-corrected chi connectivity index (χ3v) is 2.89. The first-order valence-corrected chi connectivity index (χ1v) is 6.16. The van der Waals surface area contributed by atoms with E-state index in [1.54, 1.807) is 6.08 Å². The predicted octanol–water partition coefficient (Wildman–Crippen LogP) is 4.03. The maximum absolute atomic E-state index is 13.6.